The zero-order valence-corrected chi connectivity index (χ0v) is 68.0. The third-order valence-electron chi connectivity index (χ3n) is 15.7. The number of nitrogens with zero attached hydrogens (tertiary/aromatic N) is 10. The van der Waals surface area contributed by atoms with Gasteiger partial charge in [-0.15, -0.1) is 0 Å². The van der Waals surface area contributed by atoms with Gasteiger partial charge in [0.15, 0.2) is 0 Å². The van der Waals surface area contributed by atoms with E-state index in [-0.39, 0.29) is 0 Å². The van der Waals surface area contributed by atoms with Crippen LogP contribution in [0.1, 0.15) is 49.9 Å². The minimum absolute atomic E-state index is 0.584. The zero-order valence-electron chi connectivity index (χ0n) is 64.5. The number of aryl methyl sites for hydroxylation is 4. The second kappa shape index (κ2) is 43.3. The molecular formula is C84H103N15O4P4. The van der Waals surface area contributed by atoms with Crippen molar-refractivity contribution in [3.05, 3.63) is 278 Å². The molecule has 0 atom stereocenters. The van der Waals surface area contributed by atoms with Gasteiger partial charge in [-0.1, -0.05) is 149 Å². The lowest BCUT2D eigenvalue weighted by Gasteiger charge is -2.08. The van der Waals surface area contributed by atoms with Crippen LogP contribution >= 0.6 is 28.6 Å². The quantitative estimate of drug-likeness (QED) is 0.0563. The van der Waals surface area contributed by atoms with Gasteiger partial charge in [-0.05, 0) is 207 Å². The fourth-order valence-corrected chi connectivity index (χ4v) is 9.91. The van der Waals surface area contributed by atoms with Crippen LogP contribution in [0.4, 0.5) is 46.5 Å². The fourth-order valence-electron chi connectivity index (χ4n) is 9.02. The third kappa shape index (κ3) is 32.1. The van der Waals surface area contributed by atoms with E-state index in [9.17, 15) is 18.3 Å². The Morgan fingerprint density at radius 1 is 0.318 bits per heavy atom. The smallest absolute Gasteiger partial charge is 0.227 e. The second-order valence-corrected chi connectivity index (χ2v) is 41.8. The molecule has 5 N–H and O–H groups in total. The van der Waals surface area contributed by atoms with E-state index in [1.165, 1.54) is 5.56 Å². The van der Waals surface area contributed by atoms with Crippen molar-refractivity contribution in [1.82, 2.24) is 54.8 Å². The van der Waals surface area contributed by atoms with Crippen molar-refractivity contribution in [3.63, 3.8) is 0 Å². The Labute approximate surface area is 633 Å². The highest BCUT2D eigenvalue weighted by Crippen LogP contribution is 2.40. The normalized spacial score (nSPS) is 10.7. The number of aromatic amines is 1. The second-order valence-electron chi connectivity index (χ2n) is 26.6. The van der Waals surface area contributed by atoms with Crippen LogP contribution in [0.5, 0.6) is 0 Å². The molecule has 7 heterocycles. The molecule has 19 nitrogen and oxygen atoms in total. The van der Waals surface area contributed by atoms with E-state index >= 15 is 0 Å². The first-order chi connectivity index (χ1) is 51.0. The summed E-state index contributed by atoms with van der Waals surface area (Å²) in [6, 6.07) is 66.0. The predicted octanol–water partition coefficient (Wildman–Crippen LogP) is 22.6. The van der Waals surface area contributed by atoms with Crippen LogP contribution in [-0.2, 0) is 18.3 Å². The van der Waals surface area contributed by atoms with Crippen LogP contribution in [0.2, 0.25) is 0 Å². The number of rotatable bonds is 16. The highest BCUT2D eigenvalue weighted by atomic mass is 31.2. The number of fused-ring (bicyclic) bond motifs is 1. The molecule has 0 radical (unpaired) electrons. The number of anilines is 8. The summed E-state index contributed by atoms with van der Waals surface area (Å²) in [6.07, 6.45) is 19.5. The monoisotopic (exact) mass is 1510 g/mol. The molecule has 0 fully saturated rings. The van der Waals surface area contributed by atoms with Gasteiger partial charge in [0.25, 0.3) is 0 Å². The molecular weight excluding hydrogens is 1410 g/mol. The summed E-state index contributed by atoms with van der Waals surface area (Å²) in [7, 11) is -6.59. The van der Waals surface area contributed by atoms with E-state index in [1.807, 2.05) is 224 Å². The number of pyridine rings is 2. The zero-order chi connectivity index (χ0) is 77.8. The van der Waals surface area contributed by atoms with E-state index in [0.29, 0.717) is 23.8 Å². The Bertz CT molecular complexity index is 4660. The molecule has 13 aromatic rings. The van der Waals surface area contributed by atoms with Gasteiger partial charge < -0.3 is 44.5 Å². The molecule has 0 bridgehead atoms. The molecule has 0 amide bonds. The lowest BCUT2D eigenvalue weighted by atomic mass is 10.1. The topological polar surface area (TPSA) is 261 Å². The molecule has 0 spiro atoms. The van der Waals surface area contributed by atoms with Crippen LogP contribution in [0.15, 0.2) is 256 Å². The Hall–Kier alpha value is -10.4. The van der Waals surface area contributed by atoms with Gasteiger partial charge in [0.2, 0.25) is 23.8 Å². The van der Waals surface area contributed by atoms with Crippen molar-refractivity contribution in [2.75, 3.05) is 99.2 Å². The Balaban J connectivity index is 0.000000203. The summed E-state index contributed by atoms with van der Waals surface area (Å²) in [5.41, 5.74) is 17.5. The summed E-state index contributed by atoms with van der Waals surface area (Å²) in [5, 5.41) is 14.2. The van der Waals surface area contributed by atoms with Gasteiger partial charge in [0, 0.05) is 112 Å². The molecule has 13 rings (SSSR count). The van der Waals surface area contributed by atoms with Crippen molar-refractivity contribution in [3.8, 4) is 45.0 Å². The number of benzene rings is 6. The Kier molecular flexibility index (Phi) is 34.6. The largest absolute Gasteiger partial charge is 0.360 e. The van der Waals surface area contributed by atoms with Crippen molar-refractivity contribution in [2.24, 2.45) is 0 Å². The molecule has 0 saturated heterocycles. The van der Waals surface area contributed by atoms with Crippen LogP contribution in [0.25, 0.3) is 55.9 Å². The maximum Gasteiger partial charge on any atom is 0.227 e. The highest BCUT2D eigenvalue weighted by Gasteiger charge is 2.12. The van der Waals surface area contributed by atoms with Crippen LogP contribution < -0.4 is 21.3 Å². The fraction of sp³-hybridized carbons (Fsp3) is 0.238. The third-order valence-corrected chi connectivity index (χ3v) is 21.1. The molecule has 0 aliphatic heterocycles. The summed E-state index contributed by atoms with van der Waals surface area (Å²) >= 11 is 0. The SMILES string of the molecule is CCP(C)(=O)CC.CCP(C)(=O)CC.CP(C)(C)=O.CP(C)(C)=O.Cc1ccccc1Nc1nccc(-c2c[nH]c3ccccc23)n1.Cc1ccccc1Nc1nccc(-c2ccccc2)n1.Cc1ccccc1Nc1nccc(-c2cccnc2)n1.Cc1ccccc1Nc1nccc(-c2ccncc2)n1. The minimum atomic E-state index is -1.65. The van der Waals surface area contributed by atoms with Crippen molar-refractivity contribution in [2.45, 2.75) is 55.4 Å². The van der Waals surface area contributed by atoms with E-state index in [1.54, 1.807) is 89.6 Å². The number of para-hydroxylation sites is 5. The van der Waals surface area contributed by atoms with Crippen molar-refractivity contribution >= 4 is 86.0 Å². The molecule has 0 saturated carbocycles. The first-order valence-corrected chi connectivity index (χ1v) is 46.4. The first kappa shape index (κ1) is 85.5. The van der Waals surface area contributed by atoms with E-state index in [0.717, 1.165) is 120 Å². The molecule has 6 aromatic carbocycles. The number of hydrogen-bond donors (Lipinski definition) is 5. The minimum Gasteiger partial charge on any atom is -0.360 e. The lowest BCUT2D eigenvalue weighted by molar-refractivity contribution is 0.579. The van der Waals surface area contributed by atoms with E-state index in [4.69, 9.17) is 0 Å². The highest BCUT2D eigenvalue weighted by molar-refractivity contribution is 7.63. The molecule has 0 unspecified atom stereocenters. The van der Waals surface area contributed by atoms with Crippen LogP contribution in [-0.4, -0.2) is 133 Å². The van der Waals surface area contributed by atoms with E-state index < -0.39 is 28.6 Å². The number of hydrogen-bond acceptors (Lipinski definition) is 18. The molecule has 107 heavy (non-hydrogen) atoms. The molecule has 0 aliphatic carbocycles. The first-order valence-electron chi connectivity index (χ1n) is 35.3. The van der Waals surface area contributed by atoms with Gasteiger partial charge >= 0.3 is 0 Å². The standard InChI is InChI=1S/C19H16N4.C17H15N3.2C16H14N4.2C5H13OP.2C3H9OP/c1-13-6-2-4-8-16(13)22-19-20-11-10-18(23-19)15-12-21-17-9-5-3-7-14(15)17;1-13-7-5-6-10-15(13)19-17-18-12-11-16(20-17)14-8-3-2-4-9-14;1-12-5-2-3-7-14(12)19-16-18-10-8-15(20-16)13-6-4-9-17-11-13;1-12-4-2-3-5-14(12)19-16-18-11-8-15(20-16)13-6-9-17-10-7-13;2*1-4-7(3,6)5-2;2*1-5(2,3)4/h2-12,21H,1H3,(H,20,22,23);2-12H,1H3,(H,18,19,20);2*2-11H,1H3,(H,18,19,20);2*4-5H2,1-3H3;2*1-3H3. The van der Waals surface area contributed by atoms with E-state index in [2.05, 4.69) is 127 Å². The number of nitrogens with one attached hydrogen (secondary N) is 5. The summed E-state index contributed by atoms with van der Waals surface area (Å²) in [5.74, 6) is 2.39. The summed E-state index contributed by atoms with van der Waals surface area (Å²) in [6.45, 7) is 30.3. The van der Waals surface area contributed by atoms with Gasteiger partial charge in [0.1, 0.15) is 0 Å². The summed E-state index contributed by atoms with van der Waals surface area (Å²) < 4.78 is 42.3. The van der Waals surface area contributed by atoms with Crippen molar-refractivity contribution < 1.29 is 18.3 Å². The molecule has 7 aromatic heterocycles. The number of aromatic nitrogens is 11. The van der Waals surface area contributed by atoms with Gasteiger partial charge in [-0.3, -0.25) is 9.97 Å². The number of H-pyrrole nitrogens is 1. The Morgan fingerprint density at radius 2 is 0.626 bits per heavy atom. The van der Waals surface area contributed by atoms with Crippen LogP contribution in [0.3, 0.4) is 0 Å². The molecule has 23 heteroatoms. The van der Waals surface area contributed by atoms with Crippen molar-refractivity contribution in [1.29, 1.82) is 0 Å². The average Bonchev–Trinajstić information content (AvgIpc) is 1.82. The van der Waals surface area contributed by atoms with Gasteiger partial charge in [0.05, 0.1) is 51.3 Å². The lowest BCUT2D eigenvalue weighted by Crippen LogP contribution is -1.99. The van der Waals surface area contributed by atoms with Gasteiger partial charge in [-0.25, -0.2) is 39.9 Å². The molecule has 0 aliphatic rings. The maximum absolute atomic E-state index is 11.0. The average molecular weight is 1510 g/mol. The maximum atomic E-state index is 11.0. The summed E-state index contributed by atoms with van der Waals surface area (Å²) in [4.78, 5) is 46.8. The molecule has 558 valence electrons. The van der Waals surface area contributed by atoms with Crippen LogP contribution in [0, 0.1) is 27.7 Å². The Morgan fingerprint density at radius 3 is 0.972 bits per heavy atom. The van der Waals surface area contributed by atoms with Gasteiger partial charge in [-0.2, -0.15) is 0 Å². The predicted molar refractivity (Wildman–Crippen MR) is 455 cm³/mol.